The molecular weight excluding hydrogens is 264 g/mol. The second-order valence-corrected chi connectivity index (χ2v) is 5.55. The number of ether oxygens (including phenoxy) is 1. The molecule has 19 heavy (non-hydrogen) atoms. The van der Waals surface area contributed by atoms with Gasteiger partial charge in [0.2, 0.25) is 0 Å². The molecule has 1 amide bonds. The van der Waals surface area contributed by atoms with Crippen molar-refractivity contribution < 1.29 is 9.53 Å². The van der Waals surface area contributed by atoms with E-state index >= 15 is 0 Å². The molecular formula is C14H27ClN2O2. The van der Waals surface area contributed by atoms with Crippen LogP contribution in [0.15, 0.2) is 0 Å². The molecule has 1 saturated carbocycles. The maximum Gasteiger partial charge on any atom is 0.251 e. The van der Waals surface area contributed by atoms with Gasteiger partial charge < -0.3 is 15.0 Å². The summed E-state index contributed by atoms with van der Waals surface area (Å²) in [5, 5.41) is 3.63. The van der Waals surface area contributed by atoms with Crippen molar-refractivity contribution in [2.24, 2.45) is 5.92 Å². The minimum absolute atomic E-state index is 0. The van der Waals surface area contributed by atoms with E-state index in [1.807, 2.05) is 18.7 Å². The van der Waals surface area contributed by atoms with Crippen molar-refractivity contribution >= 4 is 18.3 Å². The van der Waals surface area contributed by atoms with Gasteiger partial charge >= 0.3 is 0 Å². The molecule has 2 rings (SSSR count). The fourth-order valence-electron chi connectivity index (χ4n) is 2.54. The second kappa shape index (κ2) is 8.08. The summed E-state index contributed by atoms with van der Waals surface area (Å²) in [4.78, 5) is 14.0. The average Bonchev–Trinajstić information content (AvgIpc) is 3.20. The Morgan fingerprint density at radius 3 is 2.47 bits per heavy atom. The summed E-state index contributed by atoms with van der Waals surface area (Å²) in [6.45, 7) is 7.30. The number of amides is 1. The van der Waals surface area contributed by atoms with E-state index in [4.69, 9.17) is 4.74 Å². The predicted molar refractivity (Wildman–Crippen MR) is 78.7 cm³/mol. The molecule has 1 aliphatic carbocycles. The van der Waals surface area contributed by atoms with Crippen molar-refractivity contribution in [1.82, 2.24) is 10.2 Å². The molecule has 0 aromatic carbocycles. The number of likely N-dealkylation sites (tertiary alicyclic amines) is 1. The minimum Gasteiger partial charge on any atom is -0.369 e. The lowest BCUT2D eigenvalue weighted by Gasteiger charge is -2.34. The van der Waals surface area contributed by atoms with Crippen LogP contribution in [0.25, 0.3) is 0 Å². The molecule has 0 bridgehead atoms. The monoisotopic (exact) mass is 290 g/mol. The first-order valence-electron chi connectivity index (χ1n) is 7.34. The lowest BCUT2D eigenvalue weighted by Crippen LogP contribution is -2.48. The standard InChI is InChI=1S/C14H26N2O2.ClH/c1-3-18-11(2)14(17)16-8-6-13(7-9-16)15-10-12-4-5-12;/h11-13,15H,3-10H2,1-2H3;1H. The van der Waals surface area contributed by atoms with Crippen LogP contribution >= 0.6 is 12.4 Å². The van der Waals surface area contributed by atoms with E-state index in [1.165, 1.54) is 19.4 Å². The first-order valence-corrected chi connectivity index (χ1v) is 7.34. The van der Waals surface area contributed by atoms with Crippen LogP contribution in [0.1, 0.15) is 39.5 Å². The van der Waals surface area contributed by atoms with E-state index in [0.717, 1.165) is 31.8 Å². The van der Waals surface area contributed by atoms with Gasteiger partial charge in [-0.3, -0.25) is 4.79 Å². The summed E-state index contributed by atoms with van der Waals surface area (Å²) in [6, 6.07) is 0.608. The third-order valence-electron chi connectivity index (χ3n) is 3.96. The minimum atomic E-state index is -0.286. The Kier molecular flexibility index (Phi) is 7.11. The van der Waals surface area contributed by atoms with Crippen LogP contribution in [0.3, 0.4) is 0 Å². The Labute approximate surface area is 122 Å². The third kappa shape index (κ3) is 5.28. The van der Waals surface area contributed by atoms with Gasteiger partial charge in [-0.15, -0.1) is 12.4 Å². The van der Waals surface area contributed by atoms with Crippen LogP contribution in [-0.4, -0.2) is 49.2 Å². The molecule has 1 heterocycles. The van der Waals surface area contributed by atoms with Gasteiger partial charge in [-0.2, -0.15) is 0 Å². The fourth-order valence-corrected chi connectivity index (χ4v) is 2.54. The van der Waals surface area contributed by atoms with Crippen LogP contribution in [0.5, 0.6) is 0 Å². The third-order valence-corrected chi connectivity index (χ3v) is 3.96. The van der Waals surface area contributed by atoms with E-state index in [2.05, 4.69) is 5.32 Å². The zero-order valence-electron chi connectivity index (χ0n) is 12.1. The highest BCUT2D eigenvalue weighted by Crippen LogP contribution is 2.28. The molecule has 1 atom stereocenters. The van der Waals surface area contributed by atoms with Crippen molar-refractivity contribution in [1.29, 1.82) is 0 Å². The van der Waals surface area contributed by atoms with Gasteiger partial charge in [0.05, 0.1) is 0 Å². The molecule has 4 nitrogen and oxygen atoms in total. The number of rotatable bonds is 6. The number of carbonyl (C=O) groups excluding carboxylic acids is 1. The molecule has 5 heteroatoms. The summed E-state index contributed by atoms with van der Waals surface area (Å²) in [5.74, 6) is 1.08. The van der Waals surface area contributed by atoms with Crippen molar-refractivity contribution in [3.8, 4) is 0 Å². The number of halogens is 1. The smallest absolute Gasteiger partial charge is 0.251 e. The molecule has 112 valence electrons. The first-order chi connectivity index (χ1) is 8.70. The maximum absolute atomic E-state index is 12.1. The Bertz CT molecular complexity index is 277. The summed E-state index contributed by atoms with van der Waals surface area (Å²) in [6.07, 6.45) is 4.67. The zero-order valence-corrected chi connectivity index (χ0v) is 12.9. The summed E-state index contributed by atoms with van der Waals surface area (Å²) in [7, 11) is 0. The van der Waals surface area contributed by atoms with Crippen LogP contribution in [0.2, 0.25) is 0 Å². The van der Waals surface area contributed by atoms with Crippen LogP contribution in [0.4, 0.5) is 0 Å². The maximum atomic E-state index is 12.1. The Morgan fingerprint density at radius 2 is 1.95 bits per heavy atom. The van der Waals surface area contributed by atoms with Gasteiger partial charge in [-0.05, 0) is 52.0 Å². The van der Waals surface area contributed by atoms with Crippen LogP contribution in [0, 0.1) is 5.92 Å². The van der Waals surface area contributed by atoms with E-state index in [1.54, 1.807) is 0 Å². The molecule has 0 spiro atoms. The number of hydrogen-bond donors (Lipinski definition) is 1. The number of nitrogens with zero attached hydrogens (tertiary/aromatic N) is 1. The molecule has 1 saturated heterocycles. The Balaban J connectivity index is 0.00000180. The van der Waals surface area contributed by atoms with Gasteiger partial charge in [-0.25, -0.2) is 0 Å². The van der Waals surface area contributed by atoms with Crippen molar-refractivity contribution in [2.75, 3.05) is 26.2 Å². The largest absolute Gasteiger partial charge is 0.369 e. The van der Waals surface area contributed by atoms with E-state index < -0.39 is 0 Å². The first kappa shape index (κ1) is 16.7. The van der Waals surface area contributed by atoms with Gasteiger partial charge in [0, 0.05) is 25.7 Å². The molecule has 1 unspecified atom stereocenters. The molecule has 2 fully saturated rings. The van der Waals surface area contributed by atoms with Crippen LogP contribution in [-0.2, 0) is 9.53 Å². The molecule has 0 aromatic heterocycles. The lowest BCUT2D eigenvalue weighted by molar-refractivity contribution is -0.143. The Morgan fingerprint density at radius 1 is 1.32 bits per heavy atom. The summed E-state index contributed by atoms with van der Waals surface area (Å²) < 4.78 is 5.36. The number of hydrogen-bond acceptors (Lipinski definition) is 3. The average molecular weight is 291 g/mol. The SMILES string of the molecule is CCOC(C)C(=O)N1CCC(NCC2CC2)CC1.Cl. The van der Waals surface area contributed by atoms with E-state index in [-0.39, 0.29) is 24.4 Å². The van der Waals surface area contributed by atoms with Crippen molar-refractivity contribution in [3.05, 3.63) is 0 Å². The molecule has 2 aliphatic rings. The van der Waals surface area contributed by atoms with Crippen molar-refractivity contribution in [2.45, 2.75) is 51.7 Å². The van der Waals surface area contributed by atoms with E-state index in [0.29, 0.717) is 12.6 Å². The van der Waals surface area contributed by atoms with Gasteiger partial charge in [0.15, 0.2) is 0 Å². The van der Waals surface area contributed by atoms with Crippen molar-refractivity contribution in [3.63, 3.8) is 0 Å². The molecule has 1 aliphatic heterocycles. The number of nitrogens with one attached hydrogen (secondary N) is 1. The van der Waals surface area contributed by atoms with Gasteiger partial charge in [0.1, 0.15) is 6.10 Å². The fraction of sp³-hybridized carbons (Fsp3) is 0.929. The molecule has 0 radical (unpaired) electrons. The number of piperidine rings is 1. The molecule has 1 N–H and O–H groups in total. The molecule has 0 aromatic rings. The highest BCUT2D eigenvalue weighted by molar-refractivity contribution is 5.85. The zero-order chi connectivity index (χ0) is 13.0. The van der Waals surface area contributed by atoms with Gasteiger partial charge in [0.25, 0.3) is 5.91 Å². The topological polar surface area (TPSA) is 41.6 Å². The second-order valence-electron chi connectivity index (χ2n) is 5.55. The van der Waals surface area contributed by atoms with Gasteiger partial charge in [-0.1, -0.05) is 0 Å². The lowest BCUT2D eigenvalue weighted by atomic mass is 10.0. The Hall–Kier alpha value is -0.320. The normalized spacial score (nSPS) is 21.9. The highest BCUT2D eigenvalue weighted by Gasteiger charge is 2.27. The van der Waals surface area contributed by atoms with E-state index in [9.17, 15) is 4.79 Å². The summed E-state index contributed by atoms with van der Waals surface area (Å²) in [5.41, 5.74) is 0. The quantitative estimate of drug-likeness (QED) is 0.811. The predicted octanol–water partition coefficient (Wildman–Crippen LogP) is 1.82. The highest BCUT2D eigenvalue weighted by atomic mass is 35.5. The number of carbonyl (C=O) groups is 1. The summed E-state index contributed by atoms with van der Waals surface area (Å²) >= 11 is 0. The van der Waals surface area contributed by atoms with Crippen LogP contribution < -0.4 is 5.32 Å².